The van der Waals surface area contributed by atoms with Gasteiger partial charge in [0, 0.05) is 6.42 Å². The number of hydrogen-bond donors (Lipinski definition) is 1. The SMILES string of the molecule is COc1ccccc1CCC(=O)OC(C)C(=O)NC(C)c1ccccc1. The van der Waals surface area contributed by atoms with Crippen LogP contribution < -0.4 is 10.1 Å². The van der Waals surface area contributed by atoms with Crippen LogP contribution in [-0.4, -0.2) is 25.1 Å². The first-order chi connectivity index (χ1) is 12.5. The minimum atomic E-state index is -0.841. The van der Waals surface area contributed by atoms with E-state index in [2.05, 4.69) is 5.32 Å². The Morgan fingerprint density at radius 3 is 2.35 bits per heavy atom. The highest BCUT2D eigenvalue weighted by atomic mass is 16.5. The number of carbonyl (C=O) groups is 2. The number of benzene rings is 2. The number of hydrogen-bond acceptors (Lipinski definition) is 4. The van der Waals surface area contributed by atoms with Gasteiger partial charge in [0.05, 0.1) is 13.2 Å². The predicted octanol–water partition coefficient (Wildman–Crippen LogP) is 3.44. The van der Waals surface area contributed by atoms with Crippen molar-refractivity contribution in [2.24, 2.45) is 0 Å². The summed E-state index contributed by atoms with van der Waals surface area (Å²) in [6.45, 7) is 3.47. The molecule has 0 radical (unpaired) electrons. The van der Waals surface area contributed by atoms with Gasteiger partial charge in [-0.3, -0.25) is 9.59 Å². The molecule has 2 rings (SSSR count). The Kier molecular flexibility index (Phi) is 7.21. The van der Waals surface area contributed by atoms with Crippen molar-refractivity contribution in [1.82, 2.24) is 5.32 Å². The molecule has 1 N–H and O–H groups in total. The third kappa shape index (κ3) is 5.62. The first-order valence-corrected chi connectivity index (χ1v) is 8.68. The zero-order chi connectivity index (χ0) is 18.9. The van der Waals surface area contributed by atoms with E-state index in [1.807, 2.05) is 61.5 Å². The molecule has 0 bridgehead atoms. The van der Waals surface area contributed by atoms with Crippen LogP contribution in [0.15, 0.2) is 54.6 Å². The van der Waals surface area contributed by atoms with Crippen molar-refractivity contribution < 1.29 is 19.1 Å². The molecule has 2 aromatic rings. The third-order valence-corrected chi connectivity index (χ3v) is 4.13. The molecule has 0 aromatic heterocycles. The maximum atomic E-state index is 12.2. The summed E-state index contributed by atoms with van der Waals surface area (Å²) in [6.07, 6.45) is -0.157. The van der Waals surface area contributed by atoms with Crippen LogP contribution in [0.25, 0.3) is 0 Å². The summed E-state index contributed by atoms with van der Waals surface area (Å²) in [5.41, 5.74) is 1.93. The number of para-hydroxylation sites is 1. The Bertz CT molecular complexity index is 730. The first kappa shape index (κ1) is 19.5. The van der Waals surface area contributed by atoms with E-state index in [1.54, 1.807) is 14.0 Å². The van der Waals surface area contributed by atoms with Crippen molar-refractivity contribution in [3.63, 3.8) is 0 Å². The molecule has 2 atom stereocenters. The number of ether oxygens (including phenoxy) is 2. The topological polar surface area (TPSA) is 64.6 Å². The molecule has 0 saturated carbocycles. The summed E-state index contributed by atoms with van der Waals surface area (Å²) in [5, 5.41) is 2.86. The molecule has 0 aliphatic heterocycles. The van der Waals surface area contributed by atoms with Crippen molar-refractivity contribution in [1.29, 1.82) is 0 Å². The summed E-state index contributed by atoms with van der Waals surface area (Å²) in [4.78, 5) is 24.3. The number of amides is 1. The third-order valence-electron chi connectivity index (χ3n) is 4.13. The average molecular weight is 355 g/mol. The van der Waals surface area contributed by atoms with Crippen LogP contribution in [0.1, 0.15) is 37.4 Å². The van der Waals surface area contributed by atoms with E-state index in [0.29, 0.717) is 6.42 Å². The fourth-order valence-electron chi connectivity index (χ4n) is 2.61. The molecule has 5 nitrogen and oxygen atoms in total. The Morgan fingerprint density at radius 1 is 1.00 bits per heavy atom. The average Bonchev–Trinajstić information content (AvgIpc) is 2.67. The van der Waals surface area contributed by atoms with Gasteiger partial charge in [0.25, 0.3) is 5.91 Å². The van der Waals surface area contributed by atoms with E-state index in [9.17, 15) is 9.59 Å². The fourth-order valence-corrected chi connectivity index (χ4v) is 2.61. The highest BCUT2D eigenvalue weighted by Crippen LogP contribution is 2.19. The Balaban J connectivity index is 1.81. The van der Waals surface area contributed by atoms with E-state index >= 15 is 0 Å². The summed E-state index contributed by atoms with van der Waals surface area (Å²) in [7, 11) is 1.59. The summed E-state index contributed by atoms with van der Waals surface area (Å²) >= 11 is 0. The van der Waals surface area contributed by atoms with Gasteiger partial charge in [0.1, 0.15) is 5.75 Å². The van der Waals surface area contributed by atoms with Crippen LogP contribution in [0, 0.1) is 0 Å². The second kappa shape index (κ2) is 9.61. The lowest BCUT2D eigenvalue weighted by atomic mass is 10.1. The van der Waals surface area contributed by atoms with Gasteiger partial charge in [-0.05, 0) is 37.5 Å². The molecule has 0 fully saturated rings. The number of esters is 1. The van der Waals surface area contributed by atoms with E-state index < -0.39 is 12.1 Å². The minimum absolute atomic E-state index is 0.154. The Hall–Kier alpha value is -2.82. The van der Waals surface area contributed by atoms with Gasteiger partial charge in [-0.1, -0.05) is 48.5 Å². The van der Waals surface area contributed by atoms with E-state index in [4.69, 9.17) is 9.47 Å². The number of aryl methyl sites for hydroxylation is 1. The maximum Gasteiger partial charge on any atom is 0.306 e. The highest BCUT2D eigenvalue weighted by Gasteiger charge is 2.20. The van der Waals surface area contributed by atoms with Crippen molar-refractivity contribution in [2.75, 3.05) is 7.11 Å². The van der Waals surface area contributed by atoms with Gasteiger partial charge in [0.15, 0.2) is 6.10 Å². The van der Waals surface area contributed by atoms with Crippen LogP contribution in [0.3, 0.4) is 0 Å². The molecule has 0 heterocycles. The van der Waals surface area contributed by atoms with Crippen molar-refractivity contribution >= 4 is 11.9 Å². The zero-order valence-corrected chi connectivity index (χ0v) is 15.4. The van der Waals surface area contributed by atoms with E-state index in [-0.39, 0.29) is 18.4 Å². The summed E-state index contributed by atoms with van der Waals surface area (Å²) in [6, 6.07) is 17.0. The number of nitrogens with one attached hydrogen (secondary N) is 1. The van der Waals surface area contributed by atoms with Gasteiger partial charge in [-0.15, -0.1) is 0 Å². The largest absolute Gasteiger partial charge is 0.496 e. The second-order valence-corrected chi connectivity index (χ2v) is 6.08. The smallest absolute Gasteiger partial charge is 0.306 e. The number of rotatable bonds is 8. The highest BCUT2D eigenvalue weighted by molar-refractivity contribution is 5.83. The van der Waals surface area contributed by atoms with Gasteiger partial charge in [-0.25, -0.2) is 0 Å². The second-order valence-electron chi connectivity index (χ2n) is 6.08. The zero-order valence-electron chi connectivity index (χ0n) is 15.4. The van der Waals surface area contributed by atoms with Gasteiger partial charge >= 0.3 is 5.97 Å². The molecule has 2 aromatic carbocycles. The number of methoxy groups -OCH3 is 1. The van der Waals surface area contributed by atoms with Crippen LogP contribution in [0.2, 0.25) is 0 Å². The van der Waals surface area contributed by atoms with Crippen molar-refractivity contribution in [3.8, 4) is 5.75 Å². The van der Waals surface area contributed by atoms with Gasteiger partial charge in [0.2, 0.25) is 0 Å². The molecular formula is C21H25NO4. The molecule has 2 unspecified atom stereocenters. The lowest BCUT2D eigenvalue weighted by Gasteiger charge is -2.18. The molecule has 5 heteroatoms. The van der Waals surface area contributed by atoms with Crippen molar-refractivity contribution in [3.05, 3.63) is 65.7 Å². The maximum absolute atomic E-state index is 12.2. The molecule has 0 aliphatic carbocycles. The Morgan fingerprint density at radius 2 is 1.65 bits per heavy atom. The molecule has 0 spiro atoms. The van der Waals surface area contributed by atoms with Crippen molar-refractivity contribution in [2.45, 2.75) is 38.8 Å². The molecule has 0 saturated heterocycles. The minimum Gasteiger partial charge on any atom is -0.496 e. The molecular weight excluding hydrogens is 330 g/mol. The summed E-state index contributed by atoms with van der Waals surface area (Å²) < 4.78 is 10.5. The van der Waals surface area contributed by atoms with Crippen LogP contribution in [0.5, 0.6) is 5.75 Å². The standard InChI is InChI=1S/C21H25NO4/c1-15(17-9-5-4-6-10-17)22-21(24)16(2)26-20(23)14-13-18-11-7-8-12-19(18)25-3/h4-12,15-16H,13-14H2,1-3H3,(H,22,24). The molecule has 0 aliphatic rings. The first-order valence-electron chi connectivity index (χ1n) is 8.68. The molecule has 138 valence electrons. The fraction of sp³-hybridized carbons (Fsp3) is 0.333. The monoisotopic (exact) mass is 355 g/mol. The lowest BCUT2D eigenvalue weighted by molar-refractivity contribution is -0.155. The molecule has 1 amide bonds. The Labute approximate surface area is 154 Å². The predicted molar refractivity (Wildman–Crippen MR) is 99.9 cm³/mol. The van der Waals surface area contributed by atoms with Gasteiger partial charge < -0.3 is 14.8 Å². The van der Waals surface area contributed by atoms with Crippen LogP contribution in [-0.2, 0) is 20.7 Å². The quantitative estimate of drug-likeness (QED) is 0.737. The lowest BCUT2D eigenvalue weighted by Crippen LogP contribution is -2.37. The normalized spacial score (nSPS) is 12.7. The van der Waals surface area contributed by atoms with E-state index in [0.717, 1.165) is 16.9 Å². The van der Waals surface area contributed by atoms with E-state index in [1.165, 1.54) is 0 Å². The number of carbonyl (C=O) groups excluding carboxylic acids is 2. The molecule has 26 heavy (non-hydrogen) atoms. The van der Waals surface area contributed by atoms with Crippen LogP contribution in [0.4, 0.5) is 0 Å². The summed E-state index contributed by atoms with van der Waals surface area (Å²) in [5.74, 6) is 0.0145. The van der Waals surface area contributed by atoms with Crippen LogP contribution >= 0.6 is 0 Å². The van der Waals surface area contributed by atoms with Gasteiger partial charge in [-0.2, -0.15) is 0 Å².